The van der Waals surface area contributed by atoms with Crippen LogP contribution in [0, 0.1) is 5.92 Å². The molecule has 3 aromatic rings. The first-order chi connectivity index (χ1) is 18.8. The van der Waals surface area contributed by atoms with Crippen molar-refractivity contribution in [3.05, 3.63) is 65.7 Å². The van der Waals surface area contributed by atoms with Crippen molar-refractivity contribution in [2.24, 2.45) is 5.92 Å². The Morgan fingerprint density at radius 1 is 1.00 bits per heavy atom. The standard InChI is InChI=1S/C29H27N3O7/c1-38-25(33)12-11-21-29(37)31-22-15-23(32-27(35)17-9-10-17)24(14-20(22)28(36)30-21)39-26(34)13-18-7-4-6-16-5-2-3-8-19(16)18/h2-8,14-15,17,21H,9-13H2,1H3,(H,30,36)(H,31,37)(H,32,35)/t21-/m1/s1. The molecule has 0 bridgehead atoms. The Balaban J connectivity index is 1.42. The van der Waals surface area contributed by atoms with Crippen molar-refractivity contribution in [3.8, 4) is 5.75 Å². The topological polar surface area (TPSA) is 140 Å². The third kappa shape index (κ3) is 5.90. The summed E-state index contributed by atoms with van der Waals surface area (Å²) in [6, 6.07) is 15.1. The van der Waals surface area contributed by atoms with Gasteiger partial charge in [0.25, 0.3) is 5.91 Å². The number of carbonyl (C=O) groups excluding carboxylic acids is 5. The Hall–Kier alpha value is -4.73. The molecule has 0 radical (unpaired) electrons. The van der Waals surface area contributed by atoms with Crippen LogP contribution in [0.1, 0.15) is 41.6 Å². The summed E-state index contributed by atoms with van der Waals surface area (Å²) in [5.74, 6) is -2.59. The maximum absolute atomic E-state index is 13.1. The molecule has 200 valence electrons. The van der Waals surface area contributed by atoms with Gasteiger partial charge in [0, 0.05) is 12.3 Å². The zero-order valence-corrected chi connectivity index (χ0v) is 21.2. The summed E-state index contributed by atoms with van der Waals surface area (Å²) in [7, 11) is 1.24. The highest BCUT2D eigenvalue weighted by molar-refractivity contribution is 6.11. The predicted octanol–water partition coefficient (Wildman–Crippen LogP) is 3.34. The van der Waals surface area contributed by atoms with Crippen molar-refractivity contribution in [3.63, 3.8) is 0 Å². The third-order valence-electron chi connectivity index (χ3n) is 6.75. The van der Waals surface area contributed by atoms with E-state index in [2.05, 4.69) is 20.7 Å². The molecule has 0 unspecified atom stereocenters. The van der Waals surface area contributed by atoms with Gasteiger partial charge in [0.05, 0.1) is 30.5 Å². The zero-order chi connectivity index (χ0) is 27.5. The first-order valence-electron chi connectivity index (χ1n) is 12.7. The van der Waals surface area contributed by atoms with Crippen LogP contribution in [0.5, 0.6) is 5.75 Å². The number of hydrogen-bond acceptors (Lipinski definition) is 7. The van der Waals surface area contributed by atoms with Crippen LogP contribution < -0.4 is 20.7 Å². The number of anilines is 2. The quantitative estimate of drug-likeness (QED) is 0.300. The molecule has 3 amide bonds. The molecule has 10 nitrogen and oxygen atoms in total. The number of ether oxygens (including phenoxy) is 2. The third-order valence-corrected chi connectivity index (χ3v) is 6.75. The lowest BCUT2D eigenvalue weighted by Crippen LogP contribution is -2.41. The molecule has 1 saturated carbocycles. The van der Waals surface area contributed by atoms with Crippen molar-refractivity contribution in [1.82, 2.24) is 5.32 Å². The van der Waals surface area contributed by atoms with Gasteiger partial charge >= 0.3 is 11.9 Å². The molecular formula is C29H27N3O7. The van der Waals surface area contributed by atoms with Gasteiger partial charge in [0.1, 0.15) is 6.04 Å². The highest BCUT2D eigenvalue weighted by Crippen LogP contribution is 2.36. The van der Waals surface area contributed by atoms with Crippen LogP contribution in [-0.4, -0.2) is 42.8 Å². The number of benzene rings is 3. The first kappa shape index (κ1) is 25.9. The Labute approximate surface area is 224 Å². The number of esters is 2. The second kappa shape index (κ2) is 10.9. The van der Waals surface area contributed by atoms with Gasteiger partial charge < -0.3 is 25.4 Å². The molecule has 2 aliphatic rings. The van der Waals surface area contributed by atoms with Crippen LogP contribution in [-0.2, 0) is 30.3 Å². The van der Waals surface area contributed by atoms with E-state index in [9.17, 15) is 24.0 Å². The summed E-state index contributed by atoms with van der Waals surface area (Å²) in [6.07, 6.45) is 1.45. The summed E-state index contributed by atoms with van der Waals surface area (Å²) < 4.78 is 10.3. The van der Waals surface area contributed by atoms with Crippen molar-refractivity contribution in [1.29, 1.82) is 0 Å². The first-order valence-corrected chi connectivity index (χ1v) is 12.7. The zero-order valence-electron chi connectivity index (χ0n) is 21.2. The number of hydrogen-bond donors (Lipinski definition) is 3. The monoisotopic (exact) mass is 529 g/mol. The van der Waals surface area contributed by atoms with Gasteiger partial charge in [-0.2, -0.15) is 0 Å². The number of rotatable bonds is 8. The van der Waals surface area contributed by atoms with Gasteiger partial charge in [-0.25, -0.2) is 0 Å². The number of nitrogens with one attached hydrogen (secondary N) is 3. The predicted molar refractivity (Wildman–Crippen MR) is 142 cm³/mol. The number of fused-ring (bicyclic) bond motifs is 2. The molecule has 1 atom stereocenters. The van der Waals surface area contributed by atoms with E-state index in [0.717, 1.165) is 29.2 Å². The second-order valence-electron chi connectivity index (χ2n) is 9.58. The van der Waals surface area contributed by atoms with E-state index in [1.807, 2.05) is 42.5 Å². The molecule has 3 aromatic carbocycles. The van der Waals surface area contributed by atoms with Gasteiger partial charge in [-0.15, -0.1) is 0 Å². The van der Waals surface area contributed by atoms with Gasteiger partial charge in [-0.05, 0) is 47.7 Å². The molecular weight excluding hydrogens is 502 g/mol. The van der Waals surface area contributed by atoms with E-state index < -0.39 is 29.8 Å². The molecule has 1 heterocycles. The summed E-state index contributed by atoms with van der Waals surface area (Å²) in [5, 5.41) is 9.96. The Kier molecular flexibility index (Phi) is 7.27. The number of carbonyl (C=O) groups is 5. The molecule has 39 heavy (non-hydrogen) atoms. The lowest BCUT2D eigenvalue weighted by Gasteiger charge is -2.15. The van der Waals surface area contributed by atoms with E-state index in [-0.39, 0.29) is 53.8 Å². The van der Waals surface area contributed by atoms with E-state index in [1.165, 1.54) is 19.2 Å². The SMILES string of the molecule is COC(=O)CC[C@H]1NC(=O)c2cc(OC(=O)Cc3cccc4ccccc34)c(NC(=O)C3CC3)cc2NC1=O. The van der Waals surface area contributed by atoms with Crippen LogP contribution in [0.2, 0.25) is 0 Å². The minimum Gasteiger partial charge on any atom is -0.469 e. The highest BCUT2D eigenvalue weighted by atomic mass is 16.5. The largest absolute Gasteiger partial charge is 0.469 e. The minimum atomic E-state index is -0.981. The van der Waals surface area contributed by atoms with Gasteiger partial charge in [-0.3, -0.25) is 24.0 Å². The lowest BCUT2D eigenvalue weighted by molar-refractivity contribution is -0.141. The average Bonchev–Trinajstić information content (AvgIpc) is 3.78. The second-order valence-corrected chi connectivity index (χ2v) is 9.58. The van der Waals surface area contributed by atoms with Crippen LogP contribution in [0.15, 0.2) is 54.6 Å². The lowest BCUT2D eigenvalue weighted by atomic mass is 10.0. The molecule has 3 N–H and O–H groups in total. The summed E-state index contributed by atoms with van der Waals surface area (Å²) in [5.41, 5.74) is 1.15. The Bertz CT molecular complexity index is 1490. The van der Waals surface area contributed by atoms with Crippen molar-refractivity contribution < 1.29 is 33.4 Å². The van der Waals surface area contributed by atoms with Crippen LogP contribution in [0.25, 0.3) is 10.8 Å². The van der Waals surface area contributed by atoms with Crippen LogP contribution >= 0.6 is 0 Å². The molecule has 1 aliphatic carbocycles. The van der Waals surface area contributed by atoms with Crippen molar-refractivity contribution in [2.75, 3.05) is 17.7 Å². The van der Waals surface area contributed by atoms with Crippen molar-refractivity contribution in [2.45, 2.75) is 38.1 Å². The normalized spacial score (nSPS) is 16.4. The highest BCUT2D eigenvalue weighted by Gasteiger charge is 2.33. The fourth-order valence-electron chi connectivity index (χ4n) is 4.48. The fourth-order valence-corrected chi connectivity index (χ4v) is 4.48. The minimum absolute atomic E-state index is 0.00889. The molecule has 10 heteroatoms. The van der Waals surface area contributed by atoms with Crippen molar-refractivity contribution >= 4 is 51.8 Å². The average molecular weight is 530 g/mol. The summed E-state index contributed by atoms with van der Waals surface area (Å²) in [4.78, 5) is 63.0. The number of amides is 3. The van der Waals surface area contributed by atoms with E-state index in [4.69, 9.17) is 4.74 Å². The molecule has 0 aromatic heterocycles. The van der Waals surface area contributed by atoms with Gasteiger partial charge in [0.15, 0.2) is 5.75 Å². The molecule has 0 saturated heterocycles. The summed E-state index contributed by atoms with van der Waals surface area (Å²) >= 11 is 0. The summed E-state index contributed by atoms with van der Waals surface area (Å²) in [6.45, 7) is 0. The molecule has 5 rings (SSSR count). The number of methoxy groups -OCH3 is 1. The van der Waals surface area contributed by atoms with E-state index in [1.54, 1.807) is 0 Å². The maximum Gasteiger partial charge on any atom is 0.315 e. The molecule has 0 spiro atoms. The van der Waals surface area contributed by atoms with Gasteiger partial charge in [0.2, 0.25) is 11.8 Å². The smallest absolute Gasteiger partial charge is 0.315 e. The van der Waals surface area contributed by atoms with Crippen LogP contribution in [0.4, 0.5) is 11.4 Å². The van der Waals surface area contributed by atoms with Crippen LogP contribution in [0.3, 0.4) is 0 Å². The van der Waals surface area contributed by atoms with Gasteiger partial charge in [-0.1, -0.05) is 42.5 Å². The van der Waals surface area contributed by atoms with E-state index >= 15 is 0 Å². The Morgan fingerprint density at radius 3 is 2.54 bits per heavy atom. The van der Waals surface area contributed by atoms with E-state index in [0.29, 0.717) is 0 Å². The fraction of sp³-hybridized carbons (Fsp3) is 0.276. The molecule has 1 fully saturated rings. The Morgan fingerprint density at radius 2 is 1.77 bits per heavy atom. The maximum atomic E-state index is 13.1. The molecule has 1 aliphatic heterocycles.